The van der Waals surface area contributed by atoms with Gasteiger partial charge in [-0.1, -0.05) is 0 Å². The van der Waals surface area contributed by atoms with Crippen LogP contribution in [0.15, 0.2) is 24.5 Å². The van der Waals surface area contributed by atoms with Gasteiger partial charge in [0.1, 0.15) is 0 Å². The third-order valence-corrected chi connectivity index (χ3v) is 2.31. The molecule has 0 atom stereocenters. The van der Waals surface area contributed by atoms with E-state index in [0.29, 0.717) is 0 Å². The summed E-state index contributed by atoms with van der Waals surface area (Å²) in [7, 11) is 1.64. The monoisotopic (exact) mass is 206 g/mol. The average Bonchev–Trinajstić information content (AvgIpc) is 2.68. The Bertz CT molecular complexity index is 451. The quantitative estimate of drug-likeness (QED) is 0.819. The van der Waals surface area contributed by atoms with Crippen molar-refractivity contribution in [2.24, 2.45) is 0 Å². The molecular weight excluding hydrogens is 192 g/mol. The number of aliphatic hydroxyl groups is 1. The van der Waals surface area contributed by atoms with Gasteiger partial charge in [0.2, 0.25) is 0 Å². The van der Waals surface area contributed by atoms with E-state index in [4.69, 9.17) is 9.84 Å². The number of methoxy groups -OCH3 is 1. The van der Waals surface area contributed by atoms with Crippen LogP contribution in [-0.4, -0.2) is 28.2 Å². The molecule has 0 bridgehead atoms. The Kier molecular flexibility index (Phi) is 2.87. The number of hydrogen-bond acceptors (Lipinski definition) is 3. The molecule has 0 aliphatic heterocycles. The summed E-state index contributed by atoms with van der Waals surface area (Å²) in [6.07, 6.45) is 5.44. The van der Waals surface area contributed by atoms with Crippen molar-refractivity contribution >= 4 is 5.65 Å². The Labute approximate surface area is 88.1 Å². The van der Waals surface area contributed by atoms with Gasteiger partial charge in [0.15, 0.2) is 11.4 Å². The molecule has 0 aromatic carbocycles. The molecule has 0 fully saturated rings. The molecule has 0 aliphatic carbocycles. The van der Waals surface area contributed by atoms with Crippen LogP contribution < -0.4 is 4.74 Å². The summed E-state index contributed by atoms with van der Waals surface area (Å²) < 4.78 is 7.15. The van der Waals surface area contributed by atoms with Crippen LogP contribution in [0.25, 0.3) is 5.65 Å². The van der Waals surface area contributed by atoms with Crippen molar-refractivity contribution in [3.05, 3.63) is 30.2 Å². The SMILES string of the molecule is COc1cccn2cc(CCCO)nc12. The number of imidazole rings is 1. The number of rotatable bonds is 4. The minimum Gasteiger partial charge on any atom is -0.493 e. The molecule has 4 heteroatoms. The Hall–Kier alpha value is -1.55. The highest BCUT2D eigenvalue weighted by Gasteiger charge is 2.05. The van der Waals surface area contributed by atoms with Crippen molar-refractivity contribution in [1.29, 1.82) is 0 Å². The summed E-state index contributed by atoms with van der Waals surface area (Å²) >= 11 is 0. The Morgan fingerprint density at radius 1 is 1.53 bits per heavy atom. The van der Waals surface area contributed by atoms with Crippen molar-refractivity contribution in [3.63, 3.8) is 0 Å². The van der Waals surface area contributed by atoms with Gasteiger partial charge in [-0.05, 0) is 25.0 Å². The van der Waals surface area contributed by atoms with Crippen molar-refractivity contribution < 1.29 is 9.84 Å². The lowest BCUT2D eigenvalue weighted by atomic mass is 10.3. The van der Waals surface area contributed by atoms with Crippen LogP contribution in [0.1, 0.15) is 12.1 Å². The highest BCUT2D eigenvalue weighted by molar-refractivity contribution is 5.54. The van der Waals surface area contributed by atoms with Crippen LogP contribution in [0, 0.1) is 0 Å². The number of fused-ring (bicyclic) bond motifs is 1. The maximum atomic E-state index is 8.74. The van der Waals surface area contributed by atoms with E-state index in [1.54, 1.807) is 7.11 Å². The molecule has 0 spiro atoms. The predicted octanol–water partition coefficient (Wildman–Crippen LogP) is 1.27. The maximum absolute atomic E-state index is 8.74. The molecular formula is C11H14N2O2. The smallest absolute Gasteiger partial charge is 0.179 e. The van der Waals surface area contributed by atoms with Crippen molar-refractivity contribution in [1.82, 2.24) is 9.38 Å². The molecule has 0 saturated heterocycles. The Morgan fingerprint density at radius 3 is 3.13 bits per heavy atom. The van der Waals surface area contributed by atoms with E-state index in [1.807, 2.05) is 28.9 Å². The van der Waals surface area contributed by atoms with Crippen LogP contribution >= 0.6 is 0 Å². The third kappa shape index (κ3) is 1.94. The average molecular weight is 206 g/mol. The first kappa shape index (κ1) is 9.98. The Balaban J connectivity index is 2.37. The molecule has 1 N–H and O–H groups in total. The molecule has 0 saturated carbocycles. The fourth-order valence-corrected chi connectivity index (χ4v) is 1.58. The lowest BCUT2D eigenvalue weighted by molar-refractivity contribution is 0.288. The molecule has 0 aliphatic rings. The molecule has 80 valence electrons. The number of pyridine rings is 1. The zero-order valence-electron chi connectivity index (χ0n) is 8.68. The minimum absolute atomic E-state index is 0.199. The summed E-state index contributed by atoms with van der Waals surface area (Å²) in [5.41, 5.74) is 1.81. The van der Waals surface area contributed by atoms with Gasteiger partial charge in [-0.15, -0.1) is 0 Å². The first-order chi connectivity index (χ1) is 7.35. The minimum atomic E-state index is 0.199. The summed E-state index contributed by atoms with van der Waals surface area (Å²) in [6.45, 7) is 0.199. The maximum Gasteiger partial charge on any atom is 0.179 e. The van der Waals surface area contributed by atoms with E-state index >= 15 is 0 Å². The predicted molar refractivity (Wildman–Crippen MR) is 57.2 cm³/mol. The highest BCUT2D eigenvalue weighted by Crippen LogP contribution is 2.18. The molecule has 2 rings (SSSR count). The van der Waals surface area contributed by atoms with Crippen LogP contribution in [0.2, 0.25) is 0 Å². The fourth-order valence-electron chi connectivity index (χ4n) is 1.58. The second-order valence-electron chi connectivity index (χ2n) is 3.37. The first-order valence-corrected chi connectivity index (χ1v) is 4.96. The molecule has 2 aromatic rings. The van der Waals surface area contributed by atoms with Gasteiger partial charge in [0.25, 0.3) is 0 Å². The van der Waals surface area contributed by atoms with Gasteiger partial charge in [0, 0.05) is 19.0 Å². The number of aromatic nitrogens is 2. The van der Waals surface area contributed by atoms with Crippen LogP contribution in [0.4, 0.5) is 0 Å². The normalized spacial score (nSPS) is 10.8. The summed E-state index contributed by atoms with van der Waals surface area (Å²) in [4.78, 5) is 4.45. The van der Waals surface area contributed by atoms with Crippen LogP contribution in [0.3, 0.4) is 0 Å². The zero-order chi connectivity index (χ0) is 10.7. The second-order valence-corrected chi connectivity index (χ2v) is 3.37. The highest BCUT2D eigenvalue weighted by atomic mass is 16.5. The van der Waals surface area contributed by atoms with Gasteiger partial charge in [-0.25, -0.2) is 4.98 Å². The molecule has 15 heavy (non-hydrogen) atoms. The lowest BCUT2D eigenvalue weighted by Crippen LogP contribution is -1.89. The van der Waals surface area contributed by atoms with E-state index in [0.717, 1.165) is 29.9 Å². The van der Waals surface area contributed by atoms with E-state index in [2.05, 4.69) is 4.98 Å². The summed E-state index contributed by atoms with van der Waals surface area (Å²) in [5.74, 6) is 0.771. The number of hydrogen-bond donors (Lipinski definition) is 1. The molecule has 0 radical (unpaired) electrons. The van der Waals surface area contributed by atoms with Gasteiger partial charge in [-0.2, -0.15) is 0 Å². The topological polar surface area (TPSA) is 46.8 Å². The van der Waals surface area contributed by atoms with E-state index in [9.17, 15) is 0 Å². The number of aliphatic hydroxyl groups excluding tert-OH is 1. The van der Waals surface area contributed by atoms with Gasteiger partial charge < -0.3 is 14.2 Å². The number of ether oxygens (including phenoxy) is 1. The van der Waals surface area contributed by atoms with Gasteiger partial charge >= 0.3 is 0 Å². The number of aryl methyl sites for hydroxylation is 1. The molecule has 2 heterocycles. The third-order valence-electron chi connectivity index (χ3n) is 2.31. The molecule has 0 unspecified atom stereocenters. The fraction of sp³-hybridized carbons (Fsp3) is 0.364. The first-order valence-electron chi connectivity index (χ1n) is 4.96. The van der Waals surface area contributed by atoms with Gasteiger partial charge in [0.05, 0.1) is 12.8 Å². The largest absolute Gasteiger partial charge is 0.493 e. The van der Waals surface area contributed by atoms with Crippen molar-refractivity contribution in [2.75, 3.05) is 13.7 Å². The van der Waals surface area contributed by atoms with Gasteiger partial charge in [-0.3, -0.25) is 0 Å². The van der Waals surface area contributed by atoms with Crippen LogP contribution in [-0.2, 0) is 6.42 Å². The van der Waals surface area contributed by atoms with E-state index in [1.165, 1.54) is 0 Å². The Morgan fingerprint density at radius 2 is 2.40 bits per heavy atom. The molecule has 2 aromatic heterocycles. The summed E-state index contributed by atoms with van der Waals surface area (Å²) in [5, 5.41) is 8.74. The summed E-state index contributed by atoms with van der Waals surface area (Å²) in [6, 6.07) is 3.81. The lowest BCUT2D eigenvalue weighted by Gasteiger charge is -1.99. The molecule has 0 amide bonds. The number of nitrogens with zero attached hydrogens (tertiary/aromatic N) is 2. The molecule has 4 nitrogen and oxygen atoms in total. The van der Waals surface area contributed by atoms with Crippen molar-refractivity contribution in [3.8, 4) is 5.75 Å². The zero-order valence-corrected chi connectivity index (χ0v) is 8.68. The van der Waals surface area contributed by atoms with E-state index in [-0.39, 0.29) is 6.61 Å². The second kappa shape index (κ2) is 4.31. The van der Waals surface area contributed by atoms with Crippen LogP contribution in [0.5, 0.6) is 5.75 Å². The van der Waals surface area contributed by atoms with E-state index < -0.39 is 0 Å². The van der Waals surface area contributed by atoms with Crippen molar-refractivity contribution in [2.45, 2.75) is 12.8 Å². The standard InChI is InChI=1S/C11H14N2O2/c1-15-10-5-2-6-13-8-9(4-3-7-14)12-11(10)13/h2,5-6,8,14H,3-4,7H2,1H3.